The van der Waals surface area contributed by atoms with Crippen molar-refractivity contribution in [2.24, 2.45) is 11.3 Å². The van der Waals surface area contributed by atoms with Gasteiger partial charge in [0.05, 0.1) is 5.41 Å². The summed E-state index contributed by atoms with van der Waals surface area (Å²) in [4.78, 5) is 23.5. The largest absolute Gasteiger partial charge is 0.480 e. The molecule has 18 heavy (non-hydrogen) atoms. The Kier molecular flexibility index (Phi) is 5.14. The summed E-state index contributed by atoms with van der Waals surface area (Å²) >= 11 is 0. The average molecular weight is 256 g/mol. The number of amides is 1. The van der Waals surface area contributed by atoms with Gasteiger partial charge in [0.2, 0.25) is 5.91 Å². The van der Waals surface area contributed by atoms with Crippen LogP contribution < -0.4 is 10.6 Å². The van der Waals surface area contributed by atoms with Crippen molar-refractivity contribution in [2.45, 2.75) is 46.1 Å². The van der Waals surface area contributed by atoms with Gasteiger partial charge in [-0.3, -0.25) is 4.79 Å². The fourth-order valence-corrected chi connectivity index (χ4v) is 2.45. The molecular formula is C13H24N2O3. The Hall–Kier alpha value is -1.10. The van der Waals surface area contributed by atoms with E-state index in [1.54, 1.807) is 13.8 Å². The highest BCUT2D eigenvalue weighted by Gasteiger charge is 2.39. The summed E-state index contributed by atoms with van der Waals surface area (Å²) in [6.07, 6.45) is 2.31. The van der Waals surface area contributed by atoms with Crippen LogP contribution in [0, 0.1) is 11.3 Å². The molecule has 1 rings (SSSR count). The number of aliphatic carboxylic acids is 1. The molecule has 1 fully saturated rings. The van der Waals surface area contributed by atoms with Crippen LogP contribution in [0.25, 0.3) is 0 Å². The van der Waals surface area contributed by atoms with Crippen LogP contribution in [0.2, 0.25) is 0 Å². The number of carbonyl (C=O) groups excluding carboxylic acids is 1. The van der Waals surface area contributed by atoms with Gasteiger partial charge in [-0.2, -0.15) is 0 Å². The summed E-state index contributed by atoms with van der Waals surface area (Å²) in [5.74, 6) is -1.17. The number of carbonyl (C=O) groups is 2. The van der Waals surface area contributed by atoms with E-state index in [0.717, 1.165) is 32.4 Å². The first-order valence-electron chi connectivity index (χ1n) is 6.67. The van der Waals surface area contributed by atoms with Crippen molar-refractivity contribution < 1.29 is 14.7 Å². The van der Waals surface area contributed by atoms with Crippen LogP contribution in [0.5, 0.6) is 0 Å². The Balaban J connectivity index is 2.75. The number of nitrogens with one attached hydrogen (secondary N) is 2. The Morgan fingerprint density at radius 3 is 2.28 bits per heavy atom. The van der Waals surface area contributed by atoms with Gasteiger partial charge in [-0.15, -0.1) is 0 Å². The molecule has 5 heteroatoms. The summed E-state index contributed by atoms with van der Waals surface area (Å²) < 4.78 is 0. The first-order valence-corrected chi connectivity index (χ1v) is 6.67. The number of hydrogen-bond acceptors (Lipinski definition) is 3. The molecule has 0 unspecified atom stereocenters. The van der Waals surface area contributed by atoms with Crippen LogP contribution in [0.4, 0.5) is 0 Å². The minimum absolute atomic E-state index is 0.104. The van der Waals surface area contributed by atoms with Crippen molar-refractivity contribution in [3.05, 3.63) is 0 Å². The monoisotopic (exact) mass is 256 g/mol. The van der Waals surface area contributed by atoms with Crippen molar-refractivity contribution in [1.29, 1.82) is 0 Å². The van der Waals surface area contributed by atoms with Gasteiger partial charge >= 0.3 is 5.97 Å². The second-order valence-electron chi connectivity index (χ2n) is 5.42. The van der Waals surface area contributed by atoms with E-state index in [2.05, 4.69) is 10.6 Å². The standard InChI is InChI=1S/C13H24N2O3/c1-4-13(5-7-14-8-6-13)12(18)15-10(9(2)3)11(16)17/h9-10,14H,4-8H2,1-3H3,(H,15,18)(H,16,17)/t10-/m0/s1. The van der Waals surface area contributed by atoms with Crippen LogP contribution >= 0.6 is 0 Å². The third-order valence-electron chi connectivity index (χ3n) is 3.94. The van der Waals surface area contributed by atoms with Crippen molar-refractivity contribution in [3.63, 3.8) is 0 Å². The van der Waals surface area contributed by atoms with Crippen LogP contribution in [0.3, 0.4) is 0 Å². The quantitative estimate of drug-likeness (QED) is 0.685. The normalized spacial score (nSPS) is 20.4. The van der Waals surface area contributed by atoms with Gasteiger partial charge in [0, 0.05) is 0 Å². The summed E-state index contributed by atoms with van der Waals surface area (Å²) in [6.45, 7) is 7.25. The second kappa shape index (κ2) is 6.18. The van der Waals surface area contributed by atoms with Gasteiger partial charge in [-0.05, 0) is 38.3 Å². The Labute approximate surface area is 108 Å². The second-order valence-corrected chi connectivity index (χ2v) is 5.42. The van der Waals surface area contributed by atoms with Crippen molar-refractivity contribution in [3.8, 4) is 0 Å². The smallest absolute Gasteiger partial charge is 0.326 e. The molecule has 1 aliphatic rings. The molecule has 1 saturated heterocycles. The minimum atomic E-state index is -0.960. The van der Waals surface area contributed by atoms with E-state index in [9.17, 15) is 9.59 Å². The highest BCUT2D eigenvalue weighted by atomic mass is 16.4. The van der Waals surface area contributed by atoms with Crippen molar-refractivity contribution in [1.82, 2.24) is 10.6 Å². The summed E-state index contributed by atoms with van der Waals surface area (Å²) in [5, 5.41) is 15.1. The fourth-order valence-electron chi connectivity index (χ4n) is 2.45. The van der Waals surface area contributed by atoms with Crippen molar-refractivity contribution in [2.75, 3.05) is 13.1 Å². The lowest BCUT2D eigenvalue weighted by Gasteiger charge is -2.36. The van der Waals surface area contributed by atoms with Gasteiger partial charge in [0.1, 0.15) is 6.04 Å². The van der Waals surface area contributed by atoms with E-state index < -0.39 is 17.4 Å². The number of carboxylic acids is 1. The van der Waals surface area contributed by atoms with Crippen LogP contribution in [-0.2, 0) is 9.59 Å². The highest BCUT2D eigenvalue weighted by Crippen LogP contribution is 2.33. The molecule has 0 aromatic carbocycles. The van der Waals surface area contributed by atoms with E-state index in [1.165, 1.54) is 0 Å². The minimum Gasteiger partial charge on any atom is -0.480 e. The fraction of sp³-hybridized carbons (Fsp3) is 0.846. The maximum Gasteiger partial charge on any atom is 0.326 e. The zero-order valence-corrected chi connectivity index (χ0v) is 11.5. The highest BCUT2D eigenvalue weighted by molar-refractivity contribution is 5.87. The molecule has 0 saturated carbocycles. The number of hydrogen-bond donors (Lipinski definition) is 3. The number of piperidine rings is 1. The summed E-state index contributed by atoms with van der Waals surface area (Å²) in [7, 11) is 0. The number of carboxylic acid groups (broad SMARTS) is 1. The third-order valence-corrected chi connectivity index (χ3v) is 3.94. The summed E-state index contributed by atoms with van der Waals surface area (Å²) in [5.41, 5.74) is -0.395. The van der Waals surface area contributed by atoms with E-state index in [-0.39, 0.29) is 11.8 Å². The summed E-state index contributed by atoms with van der Waals surface area (Å²) in [6, 6.07) is -0.796. The van der Waals surface area contributed by atoms with E-state index in [4.69, 9.17) is 5.11 Å². The van der Waals surface area contributed by atoms with Crippen molar-refractivity contribution >= 4 is 11.9 Å². The van der Waals surface area contributed by atoms with Gasteiger partial charge < -0.3 is 15.7 Å². The molecule has 0 spiro atoms. The third kappa shape index (κ3) is 3.22. The van der Waals surface area contributed by atoms with Crippen LogP contribution in [0.15, 0.2) is 0 Å². The Bertz CT molecular complexity index is 309. The number of rotatable bonds is 5. The molecule has 0 radical (unpaired) electrons. The van der Waals surface area contributed by atoms with Gasteiger partial charge in [0.15, 0.2) is 0 Å². The predicted molar refractivity (Wildman–Crippen MR) is 69.2 cm³/mol. The average Bonchev–Trinajstić information content (AvgIpc) is 2.35. The molecular weight excluding hydrogens is 232 g/mol. The molecule has 0 aromatic rings. The van der Waals surface area contributed by atoms with E-state index in [0.29, 0.717) is 0 Å². The molecule has 1 amide bonds. The zero-order chi connectivity index (χ0) is 13.8. The lowest BCUT2D eigenvalue weighted by molar-refractivity contribution is -0.145. The first kappa shape index (κ1) is 15.0. The molecule has 0 aliphatic carbocycles. The predicted octanol–water partition coefficient (Wildman–Crippen LogP) is 0.992. The molecule has 3 N–H and O–H groups in total. The van der Waals surface area contributed by atoms with E-state index >= 15 is 0 Å². The Morgan fingerprint density at radius 1 is 1.33 bits per heavy atom. The molecule has 0 aromatic heterocycles. The molecule has 1 heterocycles. The SMILES string of the molecule is CCC1(C(=O)N[C@H](C(=O)O)C(C)C)CCNCC1. The lowest BCUT2D eigenvalue weighted by Crippen LogP contribution is -2.53. The maximum atomic E-state index is 12.4. The van der Waals surface area contributed by atoms with Gasteiger partial charge in [-0.1, -0.05) is 20.8 Å². The molecule has 1 atom stereocenters. The first-order chi connectivity index (χ1) is 8.43. The van der Waals surface area contributed by atoms with Crippen LogP contribution in [0.1, 0.15) is 40.0 Å². The van der Waals surface area contributed by atoms with E-state index in [1.807, 2.05) is 6.92 Å². The van der Waals surface area contributed by atoms with Gasteiger partial charge in [0.25, 0.3) is 0 Å². The van der Waals surface area contributed by atoms with Crippen LogP contribution in [-0.4, -0.2) is 36.1 Å². The maximum absolute atomic E-state index is 12.4. The lowest BCUT2D eigenvalue weighted by atomic mass is 9.75. The molecule has 0 bridgehead atoms. The Morgan fingerprint density at radius 2 is 1.89 bits per heavy atom. The molecule has 1 aliphatic heterocycles. The zero-order valence-electron chi connectivity index (χ0n) is 11.5. The molecule has 5 nitrogen and oxygen atoms in total. The van der Waals surface area contributed by atoms with Gasteiger partial charge in [-0.25, -0.2) is 4.79 Å². The molecule has 104 valence electrons. The topological polar surface area (TPSA) is 78.4 Å².